The zero-order valence-electron chi connectivity index (χ0n) is 10.4. The van der Waals surface area contributed by atoms with E-state index < -0.39 is 0 Å². The highest BCUT2D eigenvalue weighted by Gasteiger charge is 2.11. The smallest absolute Gasteiger partial charge is 0.151 e. The minimum absolute atomic E-state index is 0.805. The molecule has 0 atom stereocenters. The van der Waals surface area contributed by atoms with Crippen molar-refractivity contribution in [1.29, 1.82) is 0 Å². The molecular formula is C12H20N4S. The lowest BCUT2D eigenvalue weighted by molar-refractivity contribution is 0.694. The zero-order chi connectivity index (χ0) is 11.9. The molecule has 17 heavy (non-hydrogen) atoms. The van der Waals surface area contributed by atoms with Crippen molar-refractivity contribution in [2.75, 3.05) is 36.0 Å². The van der Waals surface area contributed by atoms with Crippen molar-refractivity contribution in [1.82, 2.24) is 15.5 Å². The molecular weight excluding hydrogens is 232 g/mol. The molecule has 0 bridgehead atoms. The molecule has 1 N–H and O–H groups in total. The molecule has 0 aromatic carbocycles. The van der Waals surface area contributed by atoms with Crippen molar-refractivity contribution in [3.63, 3.8) is 0 Å². The third kappa shape index (κ3) is 3.85. The summed E-state index contributed by atoms with van der Waals surface area (Å²) in [4.78, 5) is 2.34. The monoisotopic (exact) mass is 252 g/mol. The lowest BCUT2D eigenvalue weighted by Crippen LogP contribution is -2.26. The summed E-state index contributed by atoms with van der Waals surface area (Å²) in [6, 6.07) is 4.17. The average Bonchev–Trinajstić information content (AvgIpc) is 2.66. The molecule has 1 aromatic rings. The molecule has 0 saturated carbocycles. The Morgan fingerprint density at radius 2 is 2.24 bits per heavy atom. The van der Waals surface area contributed by atoms with Gasteiger partial charge in [-0.25, -0.2) is 0 Å². The molecule has 0 radical (unpaired) electrons. The van der Waals surface area contributed by atoms with Gasteiger partial charge in [0.25, 0.3) is 0 Å². The van der Waals surface area contributed by atoms with E-state index in [2.05, 4.69) is 39.5 Å². The largest absolute Gasteiger partial charge is 0.354 e. The molecule has 0 amide bonds. The van der Waals surface area contributed by atoms with Crippen molar-refractivity contribution in [3.8, 4) is 0 Å². The highest BCUT2D eigenvalue weighted by atomic mass is 32.2. The first-order valence-electron chi connectivity index (χ1n) is 6.26. The van der Waals surface area contributed by atoms with E-state index >= 15 is 0 Å². The van der Waals surface area contributed by atoms with E-state index in [1.54, 1.807) is 0 Å². The van der Waals surface area contributed by atoms with Crippen LogP contribution in [0.4, 0.5) is 5.82 Å². The first kappa shape index (κ1) is 12.6. The second kappa shape index (κ2) is 6.81. The fourth-order valence-electron chi connectivity index (χ4n) is 1.84. The van der Waals surface area contributed by atoms with Crippen molar-refractivity contribution in [3.05, 3.63) is 17.8 Å². The lowest BCUT2D eigenvalue weighted by atomic mass is 10.3. The van der Waals surface area contributed by atoms with Crippen LogP contribution in [0, 0.1) is 0 Å². The van der Waals surface area contributed by atoms with Gasteiger partial charge in [-0.2, -0.15) is 16.9 Å². The van der Waals surface area contributed by atoms with Crippen LogP contribution in [-0.4, -0.2) is 41.3 Å². The number of thioether (sulfide) groups is 1. The summed E-state index contributed by atoms with van der Waals surface area (Å²) in [6.07, 6.45) is 1.24. The molecule has 0 aliphatic carbocycles. The SMILES string of the molecule is CCNCc1ccc(N2CCCSCC2)nn1. The van der Waals surface area contributed by atoms with Crippen LogP contribution in [-0.2, 0) is 6.54 Å². The highest BCUT2D eigenvalue weighted by Crippen LogP contribution is 2.16. The predicted octanol–water partition coefficient (Wildman–Crippen LogP) is 1.53. The predicted molar refractivity (Wildman–Crippen MR) is 73.6 cm³/mol. The average molecular weight is 252 g/mol. The van der Waals surface area contributed by atoms with Crippen LogP contribution >= 0.6 is 11.8 Å². The lowest BCUT2D eigenvalue weighted by Gasteiger charge is -2.20. The zero-order valence-corrected chi connectivity index (χ0v) is 11.2. The highest BCUT2D eigenvalue weighted by molar-refractivity contribution is 7.99. The number of aromatic nitrogens is 2. The number of nitrogens with one attached hydrogen (secondary N) is 1. The van der Waals surface area contributed by atoms with Gasteiger partial charge in [0, 0.05) is 25.4 Å². The summed E-state index contributed by atoms with van der Waals surface area (Å²) in [5, 5.41) is 11.8. The van der Waals surface area contributed by atoms with Crippen LogP contribution in [0.1, 0.15) is 19.0 Å². The van der Waals surface area contributed by atoms with Crippen LogP contribution in [0.2, 0.25) is 0 Å². The molecule has 1 aliphatic rings. The van der Waals surface area contributed by atoms with Gasteiger partial charge in [-0.15, -0.1) is 5.10 Å². The fourth-order valence-corrected chi connectivity index (χ4v) is 2.73. The standard InChI is InChI=1S/C12H20N4S/c1-2-13-10-11-4-5-12(15-14-11)16-6-3-8-17-9-7-16/h4-5,13H,2-3,6-10H2,1H3. The Morgan fingerprint density at radius 3 is 3.00 bits per heavy atom. The van der Waals surface area contributed by atoms with Crippen LogP contribution in [0.25, 0.3) is 0 Å². The molecule has 1 saturated heterocycles. The first-order valence-corrected chi connectivity index (χ1v) is 7.41. The van der Waals surface area contributed by atoms with E-state index in [0.29, 0.717) is 0 Å². The van der Waals surface area contributed by atoms with Crippen LogP contribution in [0.15, 0.2) is 12.1 Å². The Labute approximate surface area is 107 Å². The Bertz CT molecular complexity index is 320. The van der Waals surface area contributed by atoms with E-state index in [0.717, 1.165) is 37.7 Å². The summed E-state index contributed by atoms with van der Waals surface area (Å²) >= 11 is 2.03. The van der Waals surface area contributed by atoms with Gasteiger partial charge in [-0.3, -0.25) is 0 Å². The Morgan fingerprint density at radius 1 is 1.29 bits per heavy atom. The van der Waals surface area contributed by atoms with Gasteiger partial charge in [-0.05, 0) is 30.9 Å². The summed E-state index contributed by atoms with van der Waals surface area (Å²) in [6.45, 7) is 6.06. The van der Waals surface area contributed by atoms with Crippen molar-refractivity contribution >= 4 is 17.6 Å². The number of anilines is 1. The van der Waals surface area contributed by atoms with Crippen LogP contribution < -0.4 is 10.2 Å². The van der Waals surface area contributed by atoms with Crippen molar-refractivity contribution in [2.45, 2.75) is 19.9 Å². The number of hydrogen-bond donors (Lipinski definition) is 1. The third-order valence-electron chi connectivity index (χ3n) is 2.81. The summed E-state index contributed by atoms with van der Waals surface area (Å²) in [5.41, 5.74) is 1.01. The van der Waals surface area contributed by atoms with E-state index in [1.165, 1.54) is 17.9 Å². The topological polar surface area (TPSA) is 41.0 Å². The van der Waals surface area contributed by atoms with Gasteiger partial charge >= 0.3 is 0 Å². The molecule has 1 aliphatic heterocycles. The van der Waals surface area contributed by atoms with Gasteiger partial charge in [0.05, 0.1) is 5.69 Å². The molecule has 5 heteroatoms. The molecule has 1 aromatic heterocycles. The van der Waals surface area contributed by atoms with E-state index in [1.807, 2.05) is 11.8 Å². The minimum Gasteiger partial charge on any atom is -0.354 e. The number of hydrogen-bond acceptors (Lipinski definition) is 5. The molecule has 94 valence electrons. The Kier molecular flexibility index (Phi) is 5.07. The van der Waals surface area contributed by atoms with Crippen molar-refractivity contribution < 1.29 is 0 Å². The Hall–Kier alpha value is -0.810. The summed E-state index contributed by atoms with van der Waals surface area (Å²) in [5.74, 6) is 3.48. The van der Waals surface area contributed by atoms with E-state index in [-0.39, 0.29) is 0 Å². The van der Waals surface area contributed by atoms with Crippen LogP contribution in [0.5, 0.6) is 0 Å². The molecule has 1 fully saturated rings. The first-order chi connectivity index (χ1) is 8.40. The second-order valence-corrected chi connectivity index (χ2v) is 5.34. The summed E-state index contributed by atoms with van der Waals surface area (Å²) < 4.78 is 0. The maximum Gasteiger partial charge on any atom is 0.151 e. The van der Waals surface area contributed by atoms with E-state index in [9.17, 15) is 0 Å². The quantitative estimate of drug-likeness (QED) is 0.880. The minimum atomic E-state index is 0.805. The summed E-state index contributed by atoms with van der Waals surface area (Å²) in [7, 11) is 0. The molecule has 0 unspecified atom stereocenters. The van der Waals surface area contributed by atoms with Gasteiger partial charge in [0.1, 0.15) is 0 Å². The van der Waals surface area contributed by atoms with E-state index in [4.69, 9.17) is 0 Å². The maximum absolute atomic E-state index is 4.32. The third-order valence-corrected chi connectivity index (χ3v) is 3.86. The number of nitrogens with zero attached hydrogens (tertiary/aromatic N) is 3. The maximum atomic E-state index is 4.32. The Balaban J connectivity index is 1.96. The van der Waals surface area contributed by atoms with Crippen molar-refractivity contribution in [2.24, 2.45) is 0 Å². The molecule has 2 heterocycles. The van der Waals surface area contributed by atoms with Gasteiger partial charge in [0.15, 0.2) is 5.82 Å². The fraction of sp³-hybridized carbons (Fsp3) is 0.667. The number of rotatable bonds is 4. The van der Waals surface area contributed by atoms with Gasteiger partial charge < -0.3 is 10.2 Å². The molecule has 0 spiro atoms. The molecule has 2 rings (SSSR count). The second-order valence-electron chi connectivity index (χ2n) is 4.12. The van der Waals surface area contributed by atoms with Gasteiger partial charge in [-0.1, -0.05) is 6.92 Å². The normalized spacial score (nSPS) is 16.9. The van der Waals surface area contributed by atoms with Gasteiger partial charge in [0.2, 0.25) is 0 Å². The molecule has 4 nitrogen and oxygen atoms in total. The van der Waals surface area contributed by atoms with Crippen LogP contribution in [0.3, 0.4) is 0 Å².